The molecule has 0 amide bonds. The molecule has 0 aromatic carbocycles. The Balaban J connectivity index is 0. The summed E-state index contributed by atoms with van der Waals surface area (Å²) in [5.74, 6) is 1.24. The van der Waals surface area contributed by atoms with Gasteiger partial charge in [0.05, 0.1) is 32.0 Å². The van der Waals surface area contributed by atoms with Crippen LogP contribution in [0, 0.1) is 11.8 Å². The zero-order valence-electron chi connectivity index (χ0n) is 14.6. The molecule has 0 aliphatic carbocycles. The molecule has 0 saturated heterocycles. The van der Waals surface area contributed by atoms with Gasteiger partial charge < -0.3 is 19.3 Å². The van der Waals surface area contributed by atoms with E-state index in [1.807, 2.05) is 20.8 Å². The van der Waals surface area contributed by atoms with Crippen molar-refractivity contribution in [3.63, 3.8) is 0 Å². The minimum atomic E-state index is -0.108. The summed E-state index contributed by atoms with van der Waals surface area (Å²) in [6, 6.07) is 0. The van der Waals surface area contributed by atoms with Gasteiger partial charge in [0.2, 0.25) is 0 Å². The van der Waals surface area contributed by atoms with Crippen LogP contribution in [0.15, 0.2) is 0 Å². The summed E-state index contributed by atoms with van der Waals surface area (Å²) in [6.07, 6.45) is 0. The second-order valence-corrected chi connectivity index (χ2v) is 6.62. The zero-order chi connectivity index (χ0) is 16.0. The molecule has 0 atom stereocenters. The molecule has 20 heavy (non-hydrogen) atoms. The van der Waals surface area contributed by atoms with E-state index in [1.165, 1.54) is 0 Å². The maximum absolute atomic E-state index is 8.30. The molecule has 0 aliphatic rings. The van der Waals surface area contributed by atoms with Crippen molar-refractivity contribution in [2.45, 2.75) is 54.1 Å². The van der Waals surface area contributed by atoms with Crippen molar-refractivity contribution in [1.82, 2.24) is 0 Å². The van der Waals surface area contributed by atoms with Crippen LogP contribution in [0.3, 0.4) is 0 Å². The smallest absolute Gasteiger partial charge is 0.0704 e. The lowest BCUT2D eigenvalue weighted by Crippen LogP contribution is -2.20. The van der Waals surface area contributed by atoms with Crippen LogP contribution in [0.2, 0.25) is 0 Å². The van der Waals surface area contributed by atoms with Gasteiger partial charge in [-0.2, -0.15) is 0 Å². The normalized spacial score (nSPS) is 11.7. The Kier molecular flexibility index (Phi) is 15.3. The Morgan fingerprint density at radius 2 is 1.20 bits per heavy atom. The SMILES string of the molecule is CC(C)(C)OCCO.CC(C)COCCOCC(C)C. The molecule has 0 bridgehead atoms. The summed E-state index contributed by atoms with van der Waals surface area (Å²) in [5.41, 5.74) is -0.108. The van der Waals surface area contributed by atoms with Gasteiger partial charge in [-0.25, -0.2) is 0 Å². The van der Waals surface area contributed by atoms with E-state index in [2.05, 4.69) is 27.7 Å². The first kappa shape index (κ1) is 22.1. The third kappa shape index (κ3) is 26.4. The van der Waals surface area contributed by atoms with Gasteiger partial charge in [0, 0.05) is 13.2 Å². The largest absolute Gasteiger partial charge is 0.394 e. The minimum absolute atomic E-state index is 0.108. The number of hydrogen-bond donors (Lipinski definition) is 1. The van der Waals surface area contributed by atoms with E-state index in [4.69, 9.17) is 19.3 Å². The van der Waals surface area contributed by atoms with Gasteiger partial charge in [0.25, 0.3) is 0 Å². The quantitative estimate of drug-likeness (QED) is 0.663. The maximum atomic E-state index is 8.30. The van der Waals surface area contributed by atoms with Crippen LogP contribution in [0.25, 0.3) is 0 Å². The molecule has 0 aromatic heterocycles. The van der Waals surface area contributed by atoms with Crippen LogP contribution in [0.1, 0.15) is 48.5 Å². The number of hydrogen-bond acceptors (Lipinski definition) is 4. The molecular weight excluding hydrogens is 256 g/mol. The molecule has 0 fully saturated rings. The molecule has 4 heteroatoms. The van der Waals surface area contributed by atoms with E-state index in [9.17, 15) is 0 Å². The molecule has 4 nitrogen and oxygen atoms in total. The third-order valence-electron chi connectivity index (χ3n) is 1.90. The molecule has 0 heterocycles. The summed E-state index contributed by atoms with van der Waals surface area (Å²) >= 11 is 0. The van der Waals surface area contributed by atoms with Crippen molar-refractivity contribution < 1.29 is 19.3 Å². The summed E-state index contributed by atoms with van der Waals surface area (Å²) in [7, 11) is 0. The first-order valence-electron chi connectivity index (χ1n) is 7.59. The summed E-state index contributed by atoms with van der Waals surface area (Å²) < 4.78 is 15.8. The minimum Gasteiger partial charge on any atom is -0.394 e. The van der Waals surface area contributed by atoms with Gasteiger partial charge in [-0.3, -0.25) is 0 Å². The van der Waals surface area contributed by atoms with Crippen molar-refractivity contribution in [1.29, 1.82) is 0 Å². The number of ether oxygens (including phenoxy) is 3. The van der Waals surface area contributed by atoms with Crippen LogP contribution >= 0.6 is 0 Å². The highest BCUT2D eigenvalue weighted by Gasteiger charge is 2.07. The van der Waals surface area contributed by atoms with E-state index in [1.54, 1.807) is 0 Å². The van der Waals surface area contributed by atoms with Gasteiger partial charge in [-0.15, -0.1) is 0 Å². The van der Waals surface area contributed by atoms with Crippen LogP contribution in [-0.2, 0) is 14.2 Å². The molecule has 0 rings (SSSR count). The molecule has 0 aromatic rings. The first-order valence-corrected chi connectivity index (χ1v) is 7.59. The van der Waals surface area contributed by atoms with Crippen LogP contribution in [-0.4, -0.2) is 50.3 Å². The van der Waals surface area contributed by atoms with Gasteiger partial charge >= 0.3 is 0 Å². The lowest BCUT2D eigenvalue weighted by atomic mass is 10.2. The molecule has 0 unspecified atom stereocenters. The maximum Gasteiger partial charge on any atom is 0.0704 e. The molecule has 0 aliphatic heterocycles. The van der Waals surface area contributed by atoms with Gasteiger partial charge in [-0.05, 0) is 32.6 Å². The second-order valence-electron chi connectivity index (χ2n) is 6.62. The topological polar surface area (TPSA) is 47.9 Å². The van der Waals surface area contributed by atoms with Gasteiger partial charge in [0.15, 0.2) is 0 Å². The molecule has 0 radical (unpaired) electrons. The Morgan fingerprint density at radius 3 is 1.40 bits per heavy atom. The fourth-order valence-corrected chi connectivity index (χ4v) is 1.11. The van der Waals surface area contributed by atoms with Crippen LogP contribution in [0.5, 0.6) is 0 Å². The standard InChI is InChI=1S/C10H22O2.C6H14O2/c1-9(2)7-11-5-6-12-8-10(3)4;1-6(2,3)8-5-4-7/h9-10H,5-8H2,1-4H3;7H,4-5H2,1-3H3. The first-order chi connectivity index (χ1) is 9.19. The highest BCUT2D eigenvalue weighted by Crippen LogP contribution is 2.04. The highest BCUT2D eigenvalue weighted by atomic mass is 16.5. The third-order valence-corrected chi connectivity index (χ3v) is 1.90. The highest BCUT2D eigenvalue weighted by molar-refractivity contribution is 4.57. The average Bonchev–Trinajstić information content (AvgIpc) is 2.30. The van der Waals surface area contributed by atoms with Crippen molar-refractivity contribution in [2.24, 2.45) is 11.8 Å². The molecule has 0 spiro atoms. The van der Waals surface area contributed by atoms with Crippen molar-refractivity contribution in [3.05, 3.63) is 0 Å². The van der Waals surface area contributed by atoms with E-state index in [0.717, 1.165) is 26.4 Å². The van der Waals surface area contributed by atoms with E-state index in [0.29, 0.717) is 18.4 Å². The predicted octanol–water partition coefficient (Wildman–Crippen LogP) is 3.13. The van der Waals surface area contributed by atoms with Crippen molar-refractivity contribution in [3.8, 4) is 0 Å². The number of rotatable bonds is 9. The summed E-state index contributed by atoms with van der Waals surface area (Å²) in [5, 5.41) is 8.30. The summed E-state index contributed by atoms with van der Waals surface area (Å²) in [4.78, 5) is 0. The Labute approximate surface area is 125 Å². The van der Waals surface area contributed by atoms with Crippen LogP contribution in [0.4, 0.5) is 0 Å². The van der Waals surface area contributed by atoms with E-state index >= 15 is 0 Å². The van der Waals surface area contributed by atoms with E-state index in [-0.39, 0.29) is 12.2 Å². The van der Waals surface area contributed by atoms with Crippen LogP contribution < -0.4 is 0 Å². The Morgan fingerprint density at radius 1 is 0.800 bits per heavy atom. The number of aliphatic hydroxyl groups excluding tert-OH is 1. The fraction of sp³-hybridized carbons (Fsp3) is 1.00. The Bertz CT molecular complexity index is 173. The lowest BCUT2D eigenvalue weighted by Gasteiger charge is -2.18. The monoisotopic (exact) mass is 292 g/mol. The predicted molar refractivity (Wildman–Crippen MR) is 84.1 cm³/mol. The van der Waals surface area contributed by atoms with Gasteiger partial charge in [-0.1, -0.05) is 27.7 Å². The second kappa shape index (κ2) is 13.8. The van der Waals surface area contributed by atoms with Crippen molar-refractivity contribution in [2.75, 3.05) is 39.6 Å². The zero-order valence-corrected chi connectivity index (χ0v) is 14.6. The lowest BCUT2D eigenvalue weighted by molar-refractivity contribution is -0.0199. The molecule has 0 saturated carbocycles. The van der Waals surface area contributed by atoms with Gasteiger partial charge in [0.1, 0.15) is 0 Å². The molecule has 1 N–H and O–H groups in total. The Hall–Kier alpha value is -0.160. The summed E-state index contributed by atoms with van der Waals surface area (Å²) in [6.45, 7) is 18.1. The van der Waals surface area contributed by atoms with E-state index < -0.39 is 0 Å². The fourth-order valence-electron chi connectivity index (χ4n) is 1.11. The van der Waals surface area contributed by atoms with Crippen molar-refractivity contribution >= 4 is 0 Å². The molecule has 124 valence electrons. The number of aliphatic hydroxyl groups is 1. The average molecular weight is 292 g/mol. The molecular formula is C16H36O4.